The largest absolute Gasteiger partial charge is 0.478 e. The number of carboxylic acid groups (broad SMARTS) is 1. The van der Waals surface area contributed by atoms with Crippen LogP contribution in [0.2, 0.25) is 0 Å². The third-order valence-corrected chi connectivity index (χ3v) is 2.44. The van der Waals surface area contributed by atoms with E-state index >= 15 is 0 Å². The summed E-state index contributed by atoms with van der Waals surface area (Å²) in [6, 6.07) is 4.72. The molecule has 0 radical (unpaired) electrons. The predicted octanol–water partition coefficient (Wildman–Crippen LogP) is 3.45. The van der Waals surface area contributed by atoms with Crippen molar-refractivity contribution in [2.75, 3.05) is 11.9 Å². The number of carboxylic acids is 1. The van der Waals surface area contributed by atoms with Crippen molar-refractivity contribution in [1.82, 2.24) is 0 Å². The zero-order valence-electron chi connectivity index (χ0n) is 9.84. The van der Waals surface area contributed by atoms with Crippen LogP contribution >= 0.6 is 0 Å². The van der Waals surface area contributed by atoms with Crippen LogP contribution in [0.3, 0.4) is 0 Å². The first-order chi connectivity index (χ1) is 8.31. The number of hydrogen-bond acceptors (Lipinski definition) is 2. The van der Waals surface area contributed by atoms with Gasteiger partial charge in [0.15, 0.2) is 0 Å². The quantitative estimate of drug-likeness (QED) is 0.798. The van der Waals surface area contributed by atoms with Crippen LogP contribution in [0.15, 0.2) is 18.2 Å². The van der Waals surface area contributed by atoms with Crippen molar-refractivity contribution in [3.63, 3.8) is 0 Å². The third kappa shape index (κ3) is 4.27. The summed E-state index contributed by atoms with van der Waals surface area (Å²) < 4.78 is 35.8. The van der Waals surface area contributed by atoms with Crippen LogP contribution in [-0.4, -0.2) is 23.8 Å². The summed E-state index contributed by atoms with van der Waals surface area (Å²) in [6.07, 6.45) is -5.14. The van der Waals surface area contributed by atoms with Crippen LogP contribution in [-0.2, 0) is 0 Å². The van der Waals surface area contributed by atoms with Crippen molar-refractivity contribution in [2.24, 2.45) is 0 Å². The first kappa shape index (κ1) is 14.3. The van der Waals surface area contributed by atoms with Crippen molar-refractivity contribution in [1.29, 1.82) is 0 Å². The molecule has 0 unspecified atom stereocenters. The molecule has 3 nitrogen and oxygen atoms in total. The second-order valence-corrected chi connectivity index (χ2v) is 3.95. The summed E-state index contributed by atoms with van der Waals surface area (Å²) >= 11 is 0. The second-order valence-electron chi connectivity index (χ2n) is 3.95. The fourth-order valence-corrected chi connectivity index (χ4v) is 1.58. The molecule has 100 valence electrons. The Morgan fingerprint density at radius 3 is 2.61 bits per heavy atom. The Kier molecular flexibility index (Phi) is 4.58. The lowest BCUT2D eigenvalue weighted by atomic mass is 10.1. The number of halogens is 3. The van der Waals surface area contributed by atoms with Gasteiger partial charge in [-0.3, -0.25) is 0 Å². The summed E-state index contributed by atoms with van der Waals surface area (Å²) in [4.78, 5) is 10.9. The highest BCUT2D eigenvalue weighted by Gasteiger charge is 2.26. The molecule has 0 aromatic heterocycles. The van der Waals surface area contributed by atoms with Gasteiger partial charge in [0.05, 0.1) is 11.3 Å². The molecule has 2 N–H and O–H groups in total. The lowest BCUT2D eigenvalue weighted by Gasteiger charge is -2.13. The van der Waals surface area contributed by atoms with Gasteiger partial charge in [-0.25, -0.2) is 4.79 Å². The number of hydrogen-bond donors (Lipinski definition) is 2. The minimum atomic E-state index is -4.18. The topological polar surface area (TPSA) is 49.3 Å². The van der Waals surface area contributed by atoms with Gasteiger partial charge in [-0.05, 0) is 25.0 Å². The maximum Gasteiger partial charge on any atom is 0.389 e. The molecule has 1 aromatic rings. The molecule has 6 heteroatoms. The van der Waals surface area contributed by atoms with Gasteiger partial charge in [-0.2, -0.15) is 13.2 Å². The van der Waals surface area contributed by atoms with Gasteiger partial charge in [0.25, 0.3) is 0 Å². The van der Waals surface area contributed by atoms with Crippen LogP contribution in [0.4, 0.5) is 18.9 Å². The smallest absolute Gasteiger partial charge is 0.389 e. The molecule has 0 saturated carbocycles. The Bertz CT molecular complexity index is 430. The van der Waals surface area contributed by atoms with E-state index in [-0.39, 0.29) is 18.5 Å². The number of para-hydroxylation sites is 1. The Hall–Kier alpha value is -1.72. The minimum Gasteiger partial charge on any atom is -0.478 e. The Morgan fingerprint density at radius 1 is 1.39 bits per heavy atom. The molecular formula is C12H14F3NO2. The highest BCUT2D eigenvalue weighted by molar-refractivity contribution is 5.95. The van der Waals surface area contributed by atoms with Gasteiger partial charge in [-0.1, -0.05) is 12.1 Å². The predicted molar refractivity (Wildman–Crippen MR) is 61.9 cm³/mol. The number of anilines is 1. The van der Waals surface area contributed by atoms with Crippen molar-refractivity contribution in [3.05, 3.63) is 29.3 Å². The molecule has 1 aromatic carbocycles. The molecule has 0 aliphatic rings. The summed E-state index contributed by atoms with van der Waals surface area (Å²) in [6.45, 7) is 1.79. The maximum absolute atomic E-state index is 11.9. The Morgan fingerprint density at radius 2 is 2.06 bits per heavy atom. The fourth-order valence-electron chi connectivity index (χ4n) is 1.58. The number of benzene rings is 1. The third-order valence-electron chi connectivity index (χ3n) is 2.44. The molecule has 0 amide bonds. The van der Waals surface area contributed by atoms with Crippen LogP contribution in [0.25, 0.3) is 0 Å². The van der Waals surface area contributed by atoms with Crippen LogP contribution in [0, 0.1) is 6.92 Å². The summed E-state index contributed by atoms with van der Waals surface area (Å²) in [5.74, 6) is -1.10. The van der Waals surface area contributed by atoms with Crippen LogP contribution in [0.1, 0.15) is 28.8 Å². The summed E-state index contributed by atoms with van der Waals surface area (Å²) in [5, 5.41) is 11.7. The van der Waals surface area contributed by atoms with Gasteiger partial charge in [0.1, 0.15) is 0 Å². The lowest BCUT2D eigenvalue weighted by Crippen LogP contribution is -2.13. The van der Waals surface area contributed by atoms with E-state index in [9.17, 15) is 18.0 Å². The molecule has 0 aliphatic heterocycles. The fraction of sp³-hybridized carbons (Fsp3) is 0.417. The van der Waals surface area contributed by atoms with Gasteiger partial charge >= 0.3 is 12.1 Å². The zero-order valence-corrected chi connectivity index (χ0v) is 9.84. The first-order valence-corrected chi connectivity index (χ1v) is 5.45. The number of aryl methyl sites for hydroxylation is 1. The highest BCUT2D eigenvalue weighted by Crippen LogP contribution is 2.23. The monoisotopic (exact) mass is 261 g/mol. The SMILES string of the molecule is Cc1cccc(C(=O)O)c1NCCCC(F)(F)F. The molecule has 0 aliphatic carbocycles. The van der Waals surface area contributed by atoms with Crippen LogP contribution in [0.5, 0.6) is 0 Å². The number of alkyl halides is 3. The minimum absolute atomic E-state index is 0.0713. The summed E-state index contributed by atoms with van der Waals surface area (Å²) in [7, 11) is 0. The zero-order chi connectivity index (χ0) is 13.8. The van der Waals surface area contributed by atoms with E-state index in [4.69, 9.17) is 5.11 Å². The van der Waals surface area contributed by atoms with Crippen molar-refractivity contribution in [2.45, 2.75) is 25.9 Å². The molecular weight excluding hydrogens is 247 g/mol. The van der Waals surface area contributed by atoms with E-state index < -0.39 is 18.6 Å². The molecule has 0 bridgehead atoms. The lowest BCUT2D eigenvalue weighted by molar-refractivity contribution is -0.134. The first-order valence-electron chi connectivity index (χ1n) is 5.45. The van der Waals surface area contributed by atoms with E-state index in [0.29, 0.717) is 11.3 Å². The molecule has 0 spiro atoms. The molecule has 0 heterocycles. The molecule has 0 fully saturated rings. The molecule has 1 rings (SSSR count). The van der Waals surface area contributed by atoms with Crippen LogP contribution < -0.4 is 5.32 Å². The number of carbonyl (C=O) groups is 1. The van der Waals surface area contributed by atoms with E-state index in [2.05, 4.69) is 5.32 Å². The van der Waals surface area contributed by atoms with Gasteiger partial charge in [-0.15, -0.1) is 0 Å². The van der Waals surface area contributed by atoms with E-state index in [1.165, 1.54) is 6.07 Å². The van der Waals surface area contributed by atoms with Gasteiger partial charge < -0.3 is 10.4 Å². The number of aromatic carboxylic acids is 1. The van der Waals surface area contributed by atoms with Crippen molar-refractivity contribution >= 4 is 11.7 Å². The van der Waals surface area contributed by atoms with Gasteiger partial charge in [0.2, 0.25) is 0 Å². The highest BCUT2D eigenvalue weighted by atomic mass is 19.4. The van der Waals surface area contributed by atoms with E-state index in [1.54, 1.807) is 19.1 Å². The Labute approximate surface area is 103 Å². The molecule has 0 atom stereocenters. The van der Waals surface area contributed by atoms with E-state index in [0.717, 1.165) is 0 Å². The van der Waals surface area contributed by atoms with Crippen molar-refractivity contribution in [3.8, 4) is 0 Å². The standard InChI is InChI=1S/C12H14F3NO2/c1-8-4-2-5-9(11(17)18)10(8)16-7-3-6-12(13,14)15/h2,4-5,16H,3,6-7H2,1H3,(H,17,18). The summed E-state index contributed by atoms with van der Waals surface area (Å²) in [5.41, 5.74) is 1.15. The Balaban J connectivity index is 2.64. The number of rotatable bonds is 5. The van der Waals surface area contributed by atoms with E-state index in [1.807, 2.05) is 0 Å². The molecule has 0 saturated heterocycles. The maximum atomic E-state index is 11.9. The normalized spacial score (nSPS) is 11.3. The average Bonchev–Trinajstić information content (AvgIpc) is 2.24. The second kappa shape index (κ2) is 5.75. The average molecular weight is 261 g/mol. The number of nitrogens with one attached hydrogen (secondary N) is 1. The molecule has 18 heavy (non-hydrogen) atoms. The van der Waals surface area contributed by atoms with Gasteiger partial charge in [0, 0.05) is 13.0 Å². The van der Waals surface area contributed by atoms with Crippen molar-refractivity contribution < 1.29 is 23.1 Å².